The minimum absolute atomic E-state index is 0.217. The van der Waals surface area contributed by atoms with Gasteiger partial charge < -0.3 is 4.74 Å². The molecule has 6 heteroatoms. The predicted octanol–water partition coefficient (Wildman–Crippen LogP) is 2.34. The lowest BCUT2D eigenvalue weighted by Crippen LogP contribution is -2.21. The molecule has 3 aromatic rings. The number of aromatic nitrogens is 3. The highest BCUT2D eigenvalue weighted by molar-refractivity contribution is 6.29. The van der Waals surface area contributed by atoms with Crippen LogP contribution in [0.2, 0.25) is 5.15 Å². The molecule has 21 heavy (non-hydrogen) atoms. The van der Waals surface area contributed by atoms with Gasteiger partial charge in [0.15, 0.2) is 5.65 Å². The van der Waals surface area contributed by atoms with Crippen molar-refractivity contribution in [3.63, 3.8) is 0 Å². The van der Waals surface area contributed by atoms with Gasteiger partial charge in [-0.15, -0.1) is 0 Å². The lowest BCUT2D eigenvalue weighted by molar-refractivity contribution is 0.414. The van der Waals surface area contributed by atoms with Gasteiger partial charge in [-0.1, -0.05) is 23.7 Å². The average molecular weight is 302 g/mol. The van der Waals surface area contributed by atoms with Gasteiger partial charge >= 0.3 is 0 Å². The number of hydrogen-bond acceptors (Lipinski definition) is 4. The Morgan fingerprint density at radius 1 is 1.29 bits per heavy atom. The second kappa shape index (κ2) is 5.54. The number of fused-ring (bicyclic) bond motifs is 1. The summed E-state index contributed by atoms with van der Waals surface area (Å²) in [5, 5.41) is 4.25. The summed E-state index contributed by atoms with van der Waals surface area (Å²) < 4.78 is 6.40. The molecule has 0 saturated carbocycles. The molecule has 0 unspecified atom stereocenters. The lowest BCUT2D eigenvalue weighted by atomic mass is 10.1. The van der Waals surface area contributed by atoms with Crippen LogP contribution in [0.4, 0.5) is 0 Å². The first-order valence-corrected chi connectivity index (χ1v) is 6.71. The monoisotopic (exact) mass is 301 g/mol. The van der Waals surface area contributed by atoms with Gasteiger partial charge in [0.05, 0.1) is 7.11 Å². The van der Waals surface area contributed by atoms with Crippen LogP contribution in [0.5, 0.6) is 5.75 Å². The van der Waals surface area contributed by atoms with Crippen LogP contribution in [0.1, 0.15) is 11.1 Å². The summed E-state index contributed by atoms with van der Waals surface area (Å²) in [5.74, 6) is 0.752. The van der Waals surface area contributed by atoms with Gasteiger partial charge in [-0.05, 0) is 29.8 Å². The van der Waals surface area contributed by atoms with Crippen LogP contribution in [-0.2, 0) is 6.42 Å². The van der Waals surface area contributed by atoms with Crippen molar-refractivity contribution in [2.24, 2.45) is 0 Å². The van der Waals surface area contributed by atoms with Crippen molar-refractivity contribution < 1.29 is 4.74 Å². The molecule has 0 aliphatic carbocycles. The van der Waals surface area contributed by atoms with Crippen LogP contribution in [0.25, 0.3) is 5.65 Å². The van der Waals surface area contributed by atoms with E-state index in [1.807, 2.05) is 24.3 Å². The zero-order chi connectivity index (χ0) is 14.8. The molecule has 0 aliphatic heterocycles. The number of rotatable bonds is 3. The number of benzene rings is 1. The van der Waals surface area contributed by atoms with Crippen molar-refractivity contribution in [1.29, 1.82) is 0 Å². The summed E-state index contributed by atoms with van der Waals surface area (Å²) in [7, 11) is 1.61. The van der Waals surface area contributed by atoms with E-state index in [-0.39, 0.29) is 10.7 Å². The summed E-state index contributed by atoms with van der Waals surface area (Å²) in [6.45, 7) is 0. The van der Waals surface area contributed by atoms with E-state index in [0.717, 1.165) is 11.3 Å². The van der Waals surface area contributed by atoms with Gasteiger partial charge in [0, 0.05) is 18.2 Å². The molecule has 0 aliphatic rings. The Balaban J connectivity index is 2.04. The molecular weight excluding hydrogens is 290 g/mol. The van der Waals surface area contributed by atoms with E-state index in [9.17, 15) is 4.79 Å². The van der Waals surface area contributed by atoms with Crippen LogP contribution >= 0.6 is 11.6 Å². The third-order valence-corrected chi connectivity index (χ3v) is 3.33. The zero-order valence-corrected chi connectivity index (χ0v) is 12.0. The Bertz CT molecular complexity index is 861. The molecule has 0 N–H and O–H groups in total. The number of halogens is 1. The van der Waals surface area contributed by atoms with Crippen molar-refractivity contribution in [3.8, 4) is 5.75 Å². The molecule has 0 bridgehead atoms. The van der Waals surface area contributed by atoms with Crippen LogP contribution in [-0.4, -0.2) is 21.7 Å². The molecule has 3 rings (SSSR count). The number of methoxy groups -OCH3 is 1. The van der Waals surface area contributed by atoms with Crippen LogP contribution < -0.4 is 10.3 Å². The molecular formula is C15H12ClN3O2. The Kier molecular flexibility index (Phi) is 3.58. The Labute approximate surface area is 125 Å². The number of hydrogen-bond donors (Lipinski definition) is 0. The normalized spacial score (nSPS) is 10.8. The minimum Gasteiger partial charge on any atom is -0.497 e. The Hall–Kier alpha value is -2.40. The molecule has 2 aromatic heterocycles. The molecule has 0 atom stereocenters. The highest BCUT2D eigenvalue weighted by Gasteiger charge is 2.08. The highest BCUT2D eigenvalue weighted by Crippen LogP contribution is 2.15. The van der Waals surface area contributed by atoms with Gasteiger partial charge in [0.1, 0.15) is 10.9 Å². The fraction of sp³-hybridized carbons (Fsp3) is 0.133. The van der Waals surface area contributed by atoms with Crippen LogP contribution in [0.15, 0.2) is 47.4 Å². The maximum absolute atomic E-state index is 12.4. The second-order valence-electron chi connectivity index (χ2n) is 4.54. The van der Waals surface area contributed by atoms with E-state index < -0.39 is 0 Å². The van der Waals surface area contributed by atoms with Crippen molar-refractivity contribution >= 4 is 17.2 Å². The largest absolute Gasteiger partial charge is 0.497 e. The van der Waals surface area contributed by atoms with Crippen molar-refractivity contribution in [3.05, 3.63) is 69.2 Å². The third kappa shape index (κ3) is 2.73. The van der Waals surface area contributed by atoms with Gasteiger partial charge in [0.2, 0.25) is 0 Å². The van der Waals surface area contributed by atoms with Gasteiger partial charge in [-0.25, -0.2) is 4.98 Å². The van der Waals surface area contributed by atoms with E-state index in [1.54, 1.807) is 25.4 Å². The first-order valence-electron chi connectivity index (χ1n) is 6.34. The van der Waals surface area contributed by atoms with E-state index in [4.69, 9.17) is 16.3 Å². The molecule has 0 fully saturated rings. The van der Waals surface area contributed by atoms with Crippen LogP contribution in [0, 0.1) is 0 Å². The smallest absolute Gasteiger partial charge is 0.278 e. The van der Waals surface area contributed by atoms with Crippen molar-refractivity contribution in [1.82, 2.24) is 14.6 Å². The van der Waals surface area contributed by atoms with Gasteiger partial charge in [-0.2, -0.15) is 9.61 Å². The summed E-state index contributed by atoms with van der Waals surface area (Å²) in [6, 6.07) is 10.8. The SMILES string of the molecule is COc1cccc(Cc2cnc3ccc(Cl)nn3c2=O)c1. The summed E-state index contributed by atoms with van der Waals surface area (Å²) in [4.78, 5) is 16.6. The number of nitrogens with zero attached hydrogens (tertiary/aromatic N) is 3. The predicted molar refractivity (Wildman–Crippen MR) is 80.1 cm³/mol. The third-order valence-electron chi connectivity index (χ3n) is 3.13. The lowest BCUT2D eigenvalue weighted by Gasteiger charge is -2.05. The van der Waals surface area contributed by atoms with Crippen molar-refractivity contribution in [2.45, 2.75) is 6.42 Å². The van der Waals surface area contributed by atoms with E-state index in [2.05, 4.69) is 10.1 Å². The van der Waals surface area contributed by atoms with Crippen molar-refractivity contribution in [2.75, 3.05) is 7.11 Å². The number of ether oxygens (including phenoxy) is 1. The highest BCUT2D eigenvalue weighted by atomic mass is 35.5. The second-order valence-corrected chi connectivity index (χ2v) is 4.93. The fourth-order valence-corrected chi connectivity index (χ4v) is 2.24. The molecule has 1 aromatic carbocycles. The molecule has 2 heterocycles. The van der Waals surface area contributed by atoms with E-state index >= 15 is 0 Å². The maximum Gasteiger partial charge on any atom is 0.278 e. The topological polar surface area (TPSA) is 56.5 Å². The summed E-state index contributed by atoms with van der Waals surface area (Å²) in [5.41, 5.74) is 1.77. The molecule has 106 valence electrons. The maximum atomic E-state index is 12.4. The Morgan fingerprint density at radius 2 is 2.14 bits per heavy atom. The fourth-order valence-electron chi connectivity index (χ4n) is 2.10. The quantitative estimate of drug-likeness (QED) is 0.745. The first-order chi connectivity index (χ1) is 10.2. The van der Waals surface area contributed by atoms with Gasteiger partial charge in [0.25, 0.3) is 5.56 Å². The van der Waals surface area contributed by atoms with E-state index in [1.165, 1.54) is 4.52 Å². The molecule has 0 amide bonds. The molecule has 5 nitrogen and oxygen atoms in total. The first kappa shape index (κ1) is 13.6. The average Bonchev–Trinajstić information content (AvgIpc) is 2.51. The summed E-state index contributed by atoms with van der Waals surface area (Å²) in [6.07, 6.45) is 2.03. The zero-order valence-electron chi connectivity index (χ0n) is 11.3. The van der Waals surface area contributed by atoms with Gasteiger partial charge in [-0.3, -0.25) is 4.79 Å². The molecule has 0 saturated heterocycles. The molecule has 0 radical (unpaired) electrons. The minimum atomic E-state index is -0.217. The standard InChI is InChI=1S/C15H12ClN3O2/c1-21-12-4-2-3-10(8-12)7-11-9-17-14-6-5-13(16)18-19(14)15(11)20/h2-6,8-9H,7H2,1H3. The Morgan fingerprint density at radius 3 is 2.95 bits per heavy atom. The molecule has 0 spiro atoms. The summed E-state index contributed by atoms with van der Waals surface area (Å²) >= 11 is 5.83. The van der Waals surface area contributed by atoms with E-state index in [0.29, 0.717) is 17.6 Å². The van der Waals surface area contributed by atoms with Crippen LogP contribution in [0.3, 0.4) is 0 Å².